The van der Waals surface area contributed by atoms with E-state index in [0.717, 1.165) is 48.5 Å². The summed E-state index contributed by atoms with van der Waals surface area (Å²) in [5.74, 6) is 2.20. The molecule has 0 amide bonds. The monoisotopic (exact) mass is 547 g/mol. The summed E-state index contributed by atoms with van der Waals surface area (Å²) in [4.78, 5) is 16.0. The van der Waals surface area contributed by atoms with Crippen molar-refractivity contribution in [2.45, 2.75) is 25.9 Å². The van der Waals surface area contributed by atoms with E-state index in [1.807, 2.05) is 60.7 Å². The maximum atomic E-state index is 6.22. The van der Waals surface area contributed by atoms with Crippen LogP contribution in [0.5, 0.6) is 5.75 Å². The Hall–Kier alpha value is -3.88. The lowest BCUT2D eigenvalue weighted by Gasteiger charge is -2.26. The van der Waals surface area contributed by atoms with E-state index >= 15 is 0 Å². The lowest BCUT2D eigenvalue weighted by atomic mass is 10.1. The highest BCUT2D eigenvalue weighted by atomic mass is 35.5. The van der Waals surface area contributed by atoms with Gasteiger partial charge in [0.25, 0.3) is 0 Å². The van der Waals surface area contributed by atoms with E-state index in [1.165, 1.54) is 6.42 Å². The number of hydrogen-bond acceptors (Lipinski definition) is 8. The molecule has 38 heavy (non-hydrogen) atoms. The SMILES string of the molecule is Clc1ccc(COc2ccc(/C=N\Nc3nc(Nc4ccccc4)nc(N4CCCCC4)n3)cc2)c(Cl)c1. The topological polar surface area (TPSA) is 87.6 Å². The Bertz CT molecular complexity index is 1380. The number of anilines is 4. The summed E-state index contributed by atoms with van der Waals surface area (Å²) >= 11 is 12.2. The number of piperidine rings is 1. The lowest BCUT2D eigenvalue weighted by molar-refractivity contribution is 0.306. The number of benzene rings is 3. The first-order valence-electron chi connectivity index (χ1n) is 12.4. The van der Waals surface area contributed by atoms with E-state index in [-0.39, 0.29) is 0 Å². The first-order chi connectivity index (χ1) is 18.6. The van der Waals surface area contributed by atoms with Crippen molar-refractivity contribution >= 4 is 52.9 Å². The maximum Gasteiger partial charge on any atom is 0.250 e. The maximum absolute atomic E-state index is 6.22. The van der Waals surface area contributed by atoms with E-state index < -0.39 is 0 Å². The minimum absolute atomic E-state index is 0.350. The molecule has 1 saturated heterocycles. The third-order valence-electron chi connectivity index (χ3n) is 5.96. The number of aromatic nitrogens is 3. The first-order valence-corrected chi connectivity index (χ1v) is 13.2. The first kappa shape index (κ1) is 25.8. The number of ether oxygens (including phenoxy) is 1. The van der Waals surface area contributed by atoms with Crippen molar-refractivity contribution in [1.29, 1.82) is 0 Å². The molecule has 0 unspecified atom stereocenters. The van der Waals surface area contributed by atoms with Gasteiger partial charge in [0.15, 0.2) is 0 Å². The molecule has 0 atom stereocenters. The molecule has 3 aromatic carbocycles. The van der Waals surface area contributed by atoms with Crippen LogP contribution >= 0.6 is 23.2 Å². The van der Waals surface area contributed by atoms with Gasteiger partial charge in [-0.2, -0.15) is 20.1 Å². The fourth-order valence-corrected chi connectivity index (χ4v) is 4.43. The summed E-state index contributed by atoms with van der Waals surface area (Å²) in [5, 5.41) is 8.78. The smallest absolute Gasteiger partial charge is 0.250 e. The molecule has 0 saturated carbocycles. The van der Waals surface area contributed by atoms with E-state index in [0.29, 0.717) is 34.5 Å². The second-order valence-electron chi connectivity index (χ2n) is 8.78. The van der Waals surface area contributed by atoms with Crippen molar-refractivity contribution in [3.05, 3.63) is 94.0 Å². The van der Waals surface area contributed by atoms with Gasteiger partial charge >= 0.3 is 0 Å². The Morgan fingerprint density at radius 2 is 1.63 bits per heavy atom. The van der Waals surface area contributed by atoms with Gasteiger partial charge in [-0.3, -0.25) is 0 Å². The summed E-state index contributed by atoms with van der Waals surface area (Å²) in [6, 6.07) is 22.8. The molecule has 0 spiro atoms. The van der Waals surface area contributed by atoms with Gasteiger partial charge in [-0.1, -0.05) is 47.5 Å². The van der Waals surface area contributed by atoms with E-state index in [1.54, 1.807) is 18.3 Å². The number of hydrogen-bond donors (Lipinski definition) is 2. The number of hydrazone groups is 1. The van der Waals surface area contributed by atoms with Crippen molar-refractivity contribution in [2.75, 3.05) is 28.7 Å². The quantitative estimate of drug-likeness (QED) is 0.173. The highest BCUT2D eigenvalue weighted by Gasteiger charge is 2.16. The molecule has 10 heteroatoms. The predicted octanol–water partition coefficient (Wildman–Crippen LogP) is 6.94. The van der Waals surface area contributed by atoms with Crippen molar-refractivity contribution < 1.29 is 4.74 Å². The van der Waals surface area contributed by atoms with Crippen LogP contribution in [0.3, 0.4) is 0 Å². The third kappa shape index (κ3) is 7.12. The van der Waals surface area contributed by atoms with Crippen molar-refractivity contribution in [1.82, 2.24) is 15.0 Å². The van der Waals surface area contributed by atoms with Crippen LogP contribution in [0.15, 0.2) is 77.9 Å². The highest BCUT2D eigenvalue weighted by molar-refractivity contribution is 6.35. The molecule has 1 aliphatic rings. The number of rotatable bonds is 9. The molecular formula is C28H27Cl2N7O. The van der Waals surface area contributed by atoms with Gasteiger partial charge in [0.05, 0.1) is 6.21 Å². The number of para-hydroxylation sites is 1. The van der Waals surface area contributed by atoms with Gasteiger partial charge in [-0.15, -0.1) is 0 Å². The van der Waals surface area contributed by atoms with Crippen LogP contribution in [0.1, 0.15) is 30.4 Å². The van der Waals surface area contributed by atoms with Gasteiger partial charge < -0.3 is 15.0 Å². The summed E-state index contributed by atoms with van der Waals surface area (Å²) in [6.45, 7) is 2.20. The Morgan fingerprint density at radius 3 is 2.39 bits per heavy atom. The van der Waals surface area contributed by atoms with Gasteiger partial charge in [0.1, 0.15) is 12.4 Å². The Balaban J connectivity index is 1.24. The average molecular weight is 548 g/mol. The second-order valence-corrected chi connectivity index (χ2v) is 9.63. The largest absolute Gasteiger partial charge is 0.489 e. The zero-order chi connectivity index (χ0) is 26.2. The summed E-state index contributed by atoms with van der Waals surface area (Å²) in [5.41, 5.74) is 5.62. The predicted molar refractivity (Wildman–Crippen MR) is 154 cm³/mol. The summed E-state index contributed by atoms with van der Waals surface area (Å²) in [7, 11) is 0. The van der Waals surface area contributed by atoms with Crippen molar-refractivity contribution in [3.8, 4) is 5.75 Å². The van der Waals surface area contributed by atoms with Crippen LogP contribution in [0.25, 0.3) is 0 Å². The molecular weight excluding hydrogens is 521 g/mol. The second kappa shape index (κ2) is 12.6. The third-order valence-corrected chi connectivity index (χ3v) is 6.55. The molecule has 1 aromatic heterocycles. The van der Waals surface area contributed by atoms with Crippen LogP contribution < -0.4 is 20.4 Å². The minimum Gasteiger partial charge on any atom is -0.489 e. The van der Waals surface area contributed by atoms with E-state index in [9.17, 15) is 0 Å². The van der Waals surface area contributed by atoms with Crippen LogP contribution in [0.2, 0.25) is 10.0 Å². The molecule has 194 valence electrons. The molecule has 5 rings (SSSR count). The fraction of sp³-hybridized carbons (Fsp3) is 0.214. The van der Waals surface area contributed by atoms with Crippen LogP contribution in [-0.4, -0.2) is 34.3 Å². The number of halogens is 2. The highest BCUT2D eigenvalue weighted by Crippen LogP contribution is 2.23. The molecule has 0 bridgehead atoms. The van der Waals surface area contributed by atoms with Crippen LogP contribution in [-0.2, 0) is 6.61 Å². The van der Waals surface area contributed by atoms with Gasteiger partial charge in [0.2, 0.25) is 17.8 Å². The van der Waals surface area contributed by atoms with Crippen LogP contribution in [0, 0.1) is 0 Å². The molecule has 1 fully saturated rings. The number of nitrogens with one attached hydrogen (secondary N) is 2. The molecule has 2 heterocycles. The minimum atomic E-state index is 0.350. The lowest BCUT2D eigenvalue weighted by Crippen LogP contribution is -2.31. The Morgan fingerprint density at radius 1 is 0.868 bits per heavy atom. The Kier molecular flexibility index (Phi) is 8.53. The molecule has 2 N–H and O–H groups in total. The molecule has 1 aliphatic heterocycles. The van der Waals surface area contributed by atoms with Crippen LogP contribution in [0.4, 0.5) is 23.5 Å². The fourth-order valence-electron chi connectivity index (χ4n) is 3.97. The normalized spacial score (nSPS) is 13.5. The van der Waals surface area contributed by atoms with Gasteiger partial charge in [0, 0.05) is 34.4 Å². The molecule has 0 radical (unpaired) electrons. The van der Waals surface area contributed by atoms with Crippen molar-refractivity contribution in [2.24, 2.45) is 5.10 Å². The standard InChI is InChI=1S/C28H27Cl2N7O/c29-22-12-11-21(25(30)17-22)19-38-24-13-9-20(10-14-24)18-31-36-27-33-26(32-23-7-3-1-4-8-23)34-28(35-27)37-15-5-2-6-16-37/h1,3-4,7-14,17-18H,2,5-6,15-16,19H2,(H2,32,33,34,35,36)/b31-18-. The summed E-state index contributed by atoms with van der Waals surface area (Å²) in [6.07, 6.45) is 5.18. The molecule has 8 nitrogen and oxygen atoms in total. The zero-order valence-corrected chi connectivity index (χ0v) is 22.2. The number of nitrogens with zero attached hydrogens (tertiary/aromatic N) is 5. The zero-order valence-electron chi connectivity index (χ0n) is 20.6. The summed E-state index contributed by atoms with van der Waals surface area (Å²) < 4.78 is 5.85. The van der Waals surface area contributed by atoms with Gasteiger partial charge in [-0.05, 0) is 73.4 Å². The molecule has 4 aromatic rings. The van der Waals surface area contributed by atoms with E-state index in [4.69, 9.17) is 27.9 Å². The average Bonchev–Trinajstić information content (AvgIpc) is 2.94. The van der Waals surface area contributed by atoms with E-state index in [2.05, 4.69) is 35.7 Å². The van der Waals surface area contributed by atoms with Gasteiger partial charge in [-0.25, -0.2) is 5.43 Å². The molecule has 0 aliphatic carbocycles. The van der Waals surface area contributed by atoms with Crippen molar-refractivity contribution in [3.63, 3.8) is 0 Å². The Labute approximate surface area is 231 Å².